The minimum absolute atomic E-state index is 0.193. The van der Waals surface area contributed by atoms with Crippen molar-refractivity contribution in [2.45, 2.75) is 33.0 Å². The van der Waals surface area contributed by atoms with Crippen LogP contribution in [0.15, 0.2) is 12.1 Å². The molecule has 1 aromatic heterocycles. The molecule has 2 N–H and O–H groups in total. The van der Waals surface area contributed by atoms with E-state index in [9.17, 15) is 9.90 Å². The highest BCUT2D eigenvalue weighted by molar-refractivity contribution is 5.84. The van der Waals surface area contributed by atoms with Crippen molar-refractivity contribution in [2.24, 2.45) is 0 Å². The van der Waals surface area contributed by atoms with Crippen LogP contribution in [0.25, 0.3) is 0 Å². The number of amides is 1. The molecule has 7 nitrogen and oxygen atoms in total. The number of aromatic nitrogens is 1. The SMILES string of the molecule is CC(C)(C)OC(=O)Nc1cc(N2CCOCC2)cc(CO)n1. The van der Waals surface area contributed by atoms with Gasteiger partial charge in [0, 0.05) is 24.8 Å². The van der Waals surface area contributed by atoms with Crippen molar-refractivity contribution in [1.82, 2.24) is 4.98 Å². The monoisotopic (exact) mass is 309 g/mol. The first kappa shape index (κ1) is 16.5. The Labute approximate surface area is 130 Å². The number of pyridine rings is 1. The quantitative estimate of drug-likeness (QED) is 0.885. The minimum atomic E-state index is -0.578. The van der Waals surface area contributed by atoms with E-state index in [-0.39, 0.29) is 6.61 Å². The molecule has 1 aliphatic heterocycles. The second kappa shape index (κ2) is 6.93. The molecule has 0 aliphatic carbocycles. The third kappa shape index (κ3) is 4.85. The highest BCUT2D eigenvalue weighted by Gasteiger charge is 2.18. The first-order valence-electron chi connectivity index (χ1n) is 7.32. The Morgan fingerprint density at radius 2 is 2.09 bits per heavy atom. The zero-order valence-corrected chi connectivity index (χ0v) is 13.3. The topological polar surface area (TPSA) is 83.9 Å². The van der Waals surface area contributed by atoms with Gasteiger partial charge in [-0.05, 0) is 26.8 Å². The summed E-state index contributed by atoms with van der Waals surface area (Å²) in [4.78, 5) is 18.2. The Hall–Kier alpha value is -1.86. The summed E-state index contributed by atoms with van der Waals surface area (Å²) >= 11 is 0. The number of nitrogens with zero attached hydrogens (tertiary/aromatic N) is 2. The third-order valence-corrected chi connectivity index (χ3v) is 3.03. The van der Waals surface area contributed by atoms with Crippen molar-refractivity contribution < 1.29 is 19.4 Å². The lowest BCUT2D eigenvalue weighted by Gasteiger charge is -2.29. The van der Waals surface area contributed by atoms with Gasteiger partial charge < -0.3 is 19.5 Å². The molecule has 0 spiro atoms. The second-order valence-electron chi connectivity index (χ2n) is 6.09. The van der Waals surface area contributed by atoms with Crippen LogP contribution in [0.4, 0.5) is 16.3 Å². The molecule has 0 unspecified atom stereocenters. The van der Waals surface area contributed by atoms with Gasteiger partial charge >= 0.3 is 6.09 Å². The first-order valence-corrected chi connectivity index (χ1v) is 7.32. The number of nitrogens with one attached hydrogen (secondary N) is 1. The average molecular weight is 309 g/mol. The summed E-state index contributed by atoms with van der Waals surface area (Å²) in [5, 5.41) is 12.0. The van der Waals surface area contributed by atoms with Crippen LogP contribution in [-0.2, 0) is 16.1 Å². The van der Waals surface area contributed by atoms with Crippen molar-refractivity contribution >= 4 is 17.6 Å². The fourth-order valence-electron chi connectivity index (χ4n) is 2.13. The molecule has 0 atom stereocenters. The van der Waals surface area contributed by atoms with Crippen LogP contribution in [0, 0.1) is 0 Å². The summed E-state index contributed by atoms with van der Waals surface area (Å²) in [6.45, 7) is 8.04. The molecule has 2 rings (SSSR count). The number of carbonyl (C=O) groups excluding carboxylic acids is 1. The first-order chi connectivity index (χ1) is 10.4. The van der Waals surface area contributed by atoms with Crippen LogP contribution in [0.1, 0.15) is 26.5 Å². The van der Waals surface area contributed by atoms with E-state index in [0.29, 0.717) is 24.7 Å². The molecule has 122 valence electrons. The number of ether oxygens (including phenoxy) is 2. The predicted octanol–water partition coefficient (Wildman–Crippen LogP) is 1.76. The van der Waals surface area contributed by atoms with Crippen LogP contribution in [-0.4, -0.2) is 48.1 Å². The highest BCUT2D eigenvalue weighted by atomic mass is 16.6. The lowest BCUT2D eigenvalue weighted by atomic mass is 10.2. The third-order valence-electron chi connectivity index (χ3n) is 3.03. The molecule has 0 aromatic carbocycles. The van der Waals surface area contributed by atoms with Crippen LogP contribution in [0.5, 0.6) is 0 Å². The summed E-state index contributed by atoms with van der Waals surface area (Å²) in [7, 11) is 0. The number of morpholine rings is 1. The number of hydrogen-bond acceptors (Lipinski definition) is 6. The zero-order valence-electron chi connectivity index (χ0n) is 13.3. The Balaban J connectivity index is 2.14. The van der Waals surface area contributed by atoms with Gasteiger partial charge in [0.2, 0.25) is 0 Å². The number of aliphatic hydroxyl groups is 1. The van der Waals surface area contributed by atoms with Gasteiger partial charge in [0.05, 0.1) is 25.5 Å². The molecular weight excluding hydrogens is 286 g/mol. The molecule has 0 bridgehead atoms. The summed E-state index contributed by atoms with van der Waals surface area (Å²) in [5.74, 6) is 0.363. The van der Waals surface area contributed by atoms with Gasteiger partial charge in [-0.3, -0.25) is 5.32 Å². The van der Waals surface area contributed by atoms with Gasteiger partial charge in [0.15, 0.2) is 0 Å². The zero-order chi connectivity index (χ0) is 16.2. The largest absolute Gasteiger partial charge is 0.444 e. The summed E-state index contributed by atoms with van der Waals surface area (Å²) in [6.07, 6.45) is -0.567. The molecule has 0 radical (unpaired) electrons. The van der Waals surface area contributed by atoms with Gasteiger partial charge in [-0.15, -0.1) is 0 Å². The Morgan fingerprint density at radius 1 is 1.41 bits per heavy atom. The van der Waals surface area contributed by atoms with Crippen LogP contribution in [0.3, 0.4) is 0 Å². The van der Waals surface area contributed by atoms with E-state index in [1.54, 1.807) is 26.8 Å². The van der Waals surface area contributed by atoms with Crippen molar-refractivity contribution in [3.05, 3.63) is 17.8 Å². The van der Waals surface area contributed by atoms with Gasteiger partial charge in [-0.25, -0.2) is 9.78 Å². The molecule has 0 saturated carbocycles. The molecule has 1 aromatic rings. The summed E-state index contributed by atoms with van der Waals surface area (Å²) < 4.78 is 10.5. The second-order valence-corrected chi connectivity index (χ2v) is 6.09. The number of hydrogen-bond donors (Lipinski definition) is 2. The van der Waals surface area contributed by atoms with E-state index in [1.807, 2.05) is 6.07 Å². The maximum Gasteiger partial charge on any atom is 0.413 e. The van der Waals surface area contributed by atoms with E-state index in [0.717, 1.165) is 18.8 Å². The molecule has 2 heterocycles. The normalized spacial score (nSPS) is 15.5. The van der Waals surface area contributed by atoms with E-state index in [4.69, 9.17) is 9.47 Å². The van der Waals surface area contributed by atoms with E-state index >= 15 is 0 Å². The standard InChI is InChI=1S/C15H23N3O4/c1-15(2,3)22-14(20)17-13-9-12(8-11(10-19)16-13)18-4-6-21-7-5-18/h8-9,19H,4-7,10H2,1-3H3,(H,16,17,20). The van der Waals surface area contributed by atoms with E-state index in [2.05, 4.69) is 15.2 Å². The summed E-state index contributed by atoms with van der Waals surface area (Å²) in [5.41, 5.74) is 0.814. The molecule has 1 aliphatic rings. The lowest BCUT2D eigenvalue weighted by Crippen LogP contribution is -2.36. The van der Waals surface area contributed by atoms with Gasteiger partial charge in [-0.2, -0.15) is 0 Å². The highest BCUT2D eigenvalue weighted by Crippen LogP contribution is 2.21. The van der Waals surface area contributed by atoms with Crippen molar-refractivity contribution in [3.63, 3.8) is 0 Å². The minimum Gasteiger partial charge on any atom is -0.444 e. The maximum absolute atomic E-state index is 11.8. The number of carbonyl (C=O) groups is 1. The van der Waals surface area contributed by atoms with Crippen LogP contribution in [0.2, 0.25) is 0 Å². The molecule has 1 amide bonds. The van der Waals surface area contributed by atoms with Crippen LogP contribution < -0.4 is 10.2 Å². The smallest absolute Gasteiger partial charge is 0.413 e. The maximum atomic E-state index is 11.8. The summed E-state index contributed by atoms with van der Waals surface area (Å²) in [6, 6.07) is 3.58. The fraction of sp³-hybridized carbons (Fsp3) is 0.600. The van der Waals surface area contributed by atoms with E-state index < -0.39 is 11.7 Å². The molecular formula is C15H23N3O4. The van der Waals surface area contributed by atoms with Crippen molar-refractivity contribution in [1.29, 1.82) is 0 Å². The predicted molar refractivity (Wildman–Crippen MR) is 83.0 cm³/mol. The fourth-order valence-corrected chi connectivity index (χ4v) is 2.13. The van der Waals surface area contributed by atoms with Crippen LogP contribution >= 0.6 is 0 Å². The van der Waals surface area contributed by atoms with Gasteiger partial charge in [-0.1, -0.05) is 0 Å². The molecule has 1 fully saturated rings. The molecule has 7 heteroatoms. The van der Waals surface area contributed by atoms with Crippen molar-refractivity contribution in [2.75, 3.05) is 36.5 Å². The Kier molecular flexibility index (Phi) is 5.20. The number of rotatable bonds is 3. The Morgan fingerprint density at radius 3 is 2.68 bits per heavy atom. The average Bonchev–Trinajstić information content (AvgIpc) is 2.45. The number of anilines is 2. The van der Waals surface area contributed by atoms with Gasteiger partial charge in [0.25, 0.3) is 0 Å². The lowest BCUT2D eigenvalue weighted by molar-refractivity contribution is 0.0635. The number of aliphatic hydroxyl groups excluding tert-OH is 1. The molecule has 22 heavy (non-hydrogen) atoms. The Bertz CT molecular complexity index is 522. The van der Waals surface area contributed by atoms with E-state index in [1.165, 1.54) is 0 Å². The molecule has 1 saturated heterocycles. The van der Waals surface area contributed by atoms with Crippen molar-refractivity contribution in [3.8, 4) is 0 Å². The van der Waals surface area contributed by atoms with Gasteiger partial charge in [0.1, 0.15) is 11.4 Å².